The van der Waals surface area contributed by atoms with Gasteiger partial charge in [-0.15, -0.1) is 0 Å². The molecule has 1 aliphatic heterocycles. The van der Waals surface area contributed by atoms with Gasteiger partial charge >= 0.3 is 6.09 Å². The predicted molar refractivity (Wildman–Crippen MR) is 140 cm³/mol. The van der Waals surface area contributed by atoms with Gasteiger partial charge in [0.25, 0.3) is 0 Å². The first-order valence-corrected chi connectivity index (χ1v) is 13.2. The molecule has 2 aromatic carbocycles. The molecule has 1 fully saturated rings. The van der Waals surface area contributed by atoms with Crippen LogP contribution >= 0.6 is 0 Å². The van der Waals surface area contributed by atoms with Crippen LogP contribution in [-0.2, 0) is 17.6 Å². The summed E-state index contributed by atoms with van der Waals surface area (Å²) in [5, 5.41) is 12.4. The standard InChI is InChI=1S/C29H39N3O3/c1-3-27(23-8-6-5-7-9-23)28(33)30-25-12-10-22-11-13-26(19-24(22)18-25)31(4-2)20-21-14-16-32(17-15-21)29(34)35/h5-10,12,18,21,26-27H,3-4,11,13-17,19-20H2,1-2H3,(H,30,33)(H,34,35). The number of carbonyl (C=O) groups excluding carboxylic acids is 1. The number of likely N-dealkylation sites (N-methyl/N-ethyl adjacent to an activating group) is 1. The molecule has 1 heterocycles. The second kappa shape index (κ2) is 11.7. The maximum atomic E-state index is 13.1. The molecular weight excluding hydrogens is 438 g/mol. The lowest BCUT2D eigenvalue weighted by Gasteiger charge is -2.39. The third-order valence-corrected chi connectivity index (χ3v) is 7.90. The van der Waals surface area contributed by atoms with Crippen molar-refractivity contribution in [2.24, 2.45) is 5.92 Å². The number of amides is 2. The summed E-state index contributed by atoms with van der Waals surface area (Å²) in [6.45, 7) is 7.62. The molecule has 2 atom stereocenters. The van der Waals surface area contributed by atoms with Crippen LogP contribution in [0.2, 0.25) is 0 Å². The van der Waals surface area contributed by atoms with Gasteiger partial charge in [-0.25, -0.2) is 4.79 Å². The Morgan fingerprint density at radius 2 is 1.80 bits per heavy atom. The SMILES string of the molecule is CCC(C(=O)Nc1ccc2c(c1)CC(N(CC)CC1CCN(C(=O)O)CC1)CC2)c1ccccc1. The summed E-state index contributed by atoms with van der Waals surface area (Å²) in [5.74, 6) is 0.457. The maximum absolute atomic E-state index is 13.1. The Balaban J connectivity index is 1.38. The molecule has 6 heteroatoms. The predicted octanol–water partition coefficient (Wildman–Crippen LogP) is 5.39. The number of fused-ring (bicyclic) bond motifs is 1. The molecule has 2 unspecified atom stereocenters. The molecule has 2 aromatic rings. The number of piperidine rings is 1. The Morgan fingerprint density at radius 3 is 2.46 bits per heavy atom. The average Bonchev–Trinajstić information content (AvgIpc) is 2.88. The minimum Gasteiger partial charge on any atom is -0.465 e. The van der Waals surface area contributed by atoms with E-state index < -0.39 is 6.09 Å². The molecule has 2 aliphatic rings. The van der Waals surface area contributed by atoms with Crippen molar-refractivity contribution < 1.29 is 14.7 Å². The summed E-state index contributed by atoms with van der Waals surface area (Å²) in [7, 11) is 0. The fraction of sp³-hybridized carbons (Fsp3) is 0.517. The van der Waals surface area contributed by atoms with Crippen molar-refractivity contribution in [2.45, 2.75) is 64.3 Å². The highest BCUT2D eigenvalue weighted by Crippen LogP contribution is 2.30. The molecule has 6 nitrogen and oxygen atoms in total. The molecule has 35 heavy (non-hydrogen) atoms. The Labute approximate surface area is 209 Å². The van der Waals surface area contributed by atoms with Gasteiger partial charge < -0.3 is 20.2 Å². The summed E-state index contributed by atoms with van der Waals surface area (Å²) in [4.78, 5) is 28.4. The lowest BCUT2D eigenvalue weighted by molar-refractivity contribution is -0.117. The van der Waals surface area contributed by atoms with Crippen molar-refractivity contribution in [3.05, 3.63) is 65.2 Å². The number of nitrogens with zero attached hydrogens (tertiary/aromatic N) is 2. The molecular formula is C29H39N3O3. The van der Waals surface area contributed by atoms with Gasteiger partial charge in [0.05, 0.1) is 5.92 Å². The minimum atomic E-state index is -0.795. The lowest BCUT2D eigenvalue weighted by Crippen LogP contribution is -2.45. The summed E-state index contributed by atoms with van der Waals surface area (Å²) in [5.41, 5.74) is 4.66. The normalized spacial score (nSPS) is 19.3. The molecule has 0 saturated carbocycles. The van der Waals surface area contributed by atoms with E-state index in [2.05, 4.69) is 36.2 Å². The number of carboxylic acid groups (broad SMARTS) is 1. The highest BCUT2D eigenvalue weighted by atomic mass is 16.4. The smallest absolute Gasteiger partial charge is 0.407 e. The first-order chi connectivity index (χ1) is 17.0. The van der Waals surface area contributed by atoms with Gasteiger partial charge in [0.2, 0.25) is 5.91 Å². The molecule has 0 aromatic heterocycles. The molecule has 2 N–H and O–H groups in total. The third-order valence-electron chi connectivity index (χ3n) is 7.90. The van der Waals surface area contributed by atoms with Crippen molar-refractivity contribution in [1.29, 1.82) is 0 Å². The van der Waals surface area contributed by atoms with Crippen LogP contribution in [0.4, 0.5) is 10.5 Å². The Morgan fingerprint density at radius 1 is 1.06 bits per heavy atom. The Bertz CT molecular complexity index is 1000. The van der Waals surface area contributed by atoms with E-state index in [-0.39, 0.29) is 11.8 Å². The van der Waals surface area contributed by atoms with E-state index in [4.69, 9.17) is 0 Å². The van der Waals surface area contributed by atoms with E-state index >= 15 is 0 Å². The highest BCUT2D eigenvalue weighted by Gasteiger charge is 2.28. The lowest BCUT2D eigenvalue weighted by atomic mass is 9.86. The van der Waals surface area contributed by atoms with Crippen molar-refractivity contribution in [3.63, 3.8) is 0 Å². The van der Waals surface area contributed by atoms with Crippen LogP contribution < -0.4 is 5.32 Å². The number of hydrogen-bond donors (Lipinski definition) is 2. The van der Waals surface area contributed by atoms with Crippen LogP contribution in [0.15, 0.2) is 48.5 Å². The Hall–Kier alpha value is -2.86. The van der Waals surface area contributed by atoms with E-state index in [1.807, 2.05) is 36.4 Å². The van der Waals surface area contributed by atoms with Gasteiger partial charge in [-0.2, -0.15) is 0 Å². The molecule has 0 radical (unpaired) electrons. The second-order valence-corrected chi connectivity index (χ2v) is 10.0. The van der Waals surface area contributed by atoms with E-state index in [9.17, 15) is 14.7 Å². The van der Waals surface area contributed by atoms with Crippen molar-refractivity contribution in [2.75, 3.05) is 31.5 Å². The molecule has 4 rings (SSSR count). The minimum absolute atomic E-state index is 0.0499. The number of carbonyl (C=O) groups is 2. The largest absolute Gasteiger partial charge is 0.465 e. The van der Waals surface area contributed by atoms with Gasteiger partial charge in [-0.05, 0) is 79.8 Å². The average molecular weight is 478 g/mol. The molecule has 0 bridgehead atoms. The van der Waals surface area contributed by atoms with Gasteiger partial charge in [-0.3, -0.25) is 4.79 Å². The summed E-state index contributed by atoms with van der Waals surface area (Å²) >= 11 is 0. The quantitative estimate of drug-likeness (QED) is 0.535. The number of nitrogens with one attached hydrogen (secondary N) is 1. The van der Waals surface area contributed by atoms with Crippen LogP contribution in [0.1, 0.15) is 62.1 Å². The van der Waals surface area contributed by atoms with Gasteiger partial charge in [0, 0.05) is 31.4 Å². The number of aryl methyl sites for hydroxylation is 1. The van der Waals surface area contributed by atoms with E-state index in [1.54, 1.807) is 4.90 Å². The zero-order valence-electron chi connectivity index (χ0n) is 21.1. The third kappa shape index (κ3) is 6.23. The zero-order chi connectivity index (χ0) is 24.8. The van der Waals surface area contributed by atoms with E-state index in [0.717, 1.165) is 62.9 Å². The number of likely N-dealkylation sites (tertiary alicyclic amines) is 1. The summed E-state index contributed by atoms with van der Waals surface area (Å²) < 4.78 is 0. The van der Waals surface area contributed by atoms with E-state index in [0.29, 0.717) is 25.0 Å². The summed E-state index contributed by atoms with van der Waals surface area (Å²) in [6.07, 6.45) is 5.06. The first kappa shape index (κ1) is 25.2. The van der Waals surface area contributed by atoms with Crippen LogP contribution in [-0.4, -0.2) is 59.1 Å². The first-order valence-electron chi connectivity index (χ1n) is 13.2. The van der Waals surface area contributed by atoms with Crippen LogP contribution in [0.3, 0.4) is 0 Å². The fourth-order valence-electron chi connectivity index (χ4n) is 5.79. The van der Waals surface area contributed by atoms with Crippen molar-refractivity contribution in [3.8, 4) is 0 Å². The number of benzene rings is 2. The van der Waals surface area contributed by atoms with E-state index in [1.165, 1.54) is 11.1 Å². The van der Waals surface area contributed by atoms with Gasteiger partial charge in [0.1, 0.15) is 0 Å². The monoisotopic (exact) mass is 477 g/mol. The Kier molecular flexibility index (Phi) is 8.45. The second-order valence-electron chi connectivity index (χ2n) is 10.0. The van der Waals surface area contributed by atoms with Crippen LogP contribution in [0.5, 0.6) is 0 Å². The van der Waals surface area contributed by atoms with Crippen molar-refractivity contribution >= 4 is 17.7 Å². The number of anilines is 1. The fourth-order valence-corrected chi connectivity index (χ4v) is 5.79. The molecule has 1 aliphatic carbocycles. The molecule has 1 saturated heterocycles. The molecule has 2 amide bonds. The van der Waals surface area contributed by atoms with Crippen LogP contribution in [0, 0.1) is 5.92 Å². The number of rotatable bonds is 8. The van der Waals surface area contributed by atoms with Crippen molar-refractivity contribution in [1.82, 2.24) is 9.80 Å². The van der Waals surface area contributed by atoms with Gasteiger partial charge in [0.15, 0.2) is 0 Å². The highest BCUT2D eigenvalue weighted by molar-refractivity contribution is 5.95. The maximum Gasteiger partial charge on any atom is 0.407 e. The molecule has 188 valence electrons. The topological polar surface area (TPSA) is 72.9 Å². The molecule has 0 spiro atoms. The zero-order valence-corrected chi connectivity index (χ0v) is 21.1. The number of hydrogen-bond acceptors (Lipinski definition) is 3. The van der Waals surface area contributed by atoms with Gasteiger partial charge in [-0.1, -0.05) is 50.2 Å². The summed E-state index contributed by atoms with van der Waals surface area (Å²) in [6, 6.07) is 16.9. The van der Waals surface area contributed by atoms with Crippen LogP contribution in [0.25, 0.3) is 0 Å².